The number of amides is 1. The number of nitrogen functional groups attached to an aromatic ring is 1. The molecule has 0 aliphatic rings. The molecule has 1 aromatic carbocycles. The van der Waals surface area contributed by atoms with Crippen molar-refractivity contribution in [3.63, 3.8) is 0 Å². The summed E-state index contributed by atoms with van der Waals surface area (Å²) in [6.07, 6.45) is 0.497. The van der Waals surface area contributed by atoms with Crippen molar-refractivity contribution in [1.29, 1.82) is 0 Å². The second-order valence-corrected chi connectivity index (χ2v) is 4.18. The van der Waals surface area contributed by atoms with Gasteiger partial charge in [-0.2, -0.15) is 0 Å². The summed E-state index contributed by atoms with van der Waals surface area (Å²) in [7, 11) is 3.89. The molecule has 1 amide bonds. The summed E-state index contributed by atoms with van der Waals surface area (Å²) in [4.78, 5) is 13.6. The van der Waals surface area contributed by atoms with Crippen molar-refractivity contribution in [1.82, 2.24) is 4.90 Å². The summed E-state index contributed by atoms with van der Waals surface area (Å²) in [6.45, 7) is 2.68. The Balaban J connectivity index is 2.56. The molecule has 3 N–H and O–H groups in total. The van der Waals surface area contributed by atoms with E-state index in [2.05, 4.69) is 5.32 Å². The molecule has 0 fully saturated rings. The molecule has 0 saturated carbocycles. The third-order valence-corrected chi connectivity index (χ3v) is 2.31. The van der Waals surface area contributed by atoms with E-state index in [9.17, 15) is 4.79 Å². The lowest BCUT2D eigenvalue weighted by atomic mass is 10.2. The zero-order valence-corrected chi connectivity index (χ0v) is 10.1. The number of nitrogens with two attached hydrogens (primary N) is 1. The van der Waals surface area contributed by atoms with E-state index < -0.39 is 0 Å². The molecule has 16 heavy (non-hydrogen) atoms. The second-order valence-electron chi connectivity index (χ2n) is 4.18. The van der Waals surface area contributed by atoms with Gasteiger partial charge >= 0.3 is 0 Å². The first-order valence-corrected chi connectivity index (χ1v) is 5.30. The normalized spacial score (nSPS) is 10.5. The standard InChI is InChI=1S/C12H19N3O/c1-9-8-10(13)4-5-11(9)14-12(16)6-7-15(2)3/h4-5,8H,6-7,13H2,1-3H3,(H,14,16). The highest BCUT2D eigenvalue weighted by atomic mass is 16.1. The summed E-state index contributed by atoms with van der Waals surface area (Å²) < 4.78 is 0. The number of nitrogens with zero attached hydrogens (tertiary/aromatic N) is 1. The molecule has 1 aromatic rings. The molecule has 0 unspecified atom stereocenters. The van der Waals surface area contributed by atoms with E-state index in [0.29, 0.717) is 12.1 Å². The first kappa shape index (κ1) is 12.5. The van der Waals surface area contributed by atoms with Crippen molar-refractivity contribution < 1.29 is 4.79 Å². The number of aryl methyl sites for hydroxylation is 1. The monoisotopic (exact) mass is 221 g/mol. The number of anilines is 2. The number of nitrogens with one attached hydrogen (secondary N) is 1. The van der Waals surface area contributed by atoms with Crippen molar-refractivity contribution in [3.05, 3.63) is 23.8 Å². The smallest absolute Gasteiger partial charge is 0.225 e. The first-order valence-electron chi connectivity index (χ1n) is 5.30. The molecule has 88 valence electrons. The van der Waals surface area contributed by atoms with Crippen LogP contribution >= 0.6 is 0 Å². The zero-order chi connectivity index (χ0) is 12.1. The molecule has 0 spiro atoms. The summed E-state index contributed by atoms with van der Waals surface area (Å²) in [6, 6.07) is 5.47. The van der Waals surface area contributed by atoms with E-state index in [1.54, 1.807) is 6.07 Å². The van der Waals surface area contributed by atoms with Crippen LogP contribution in [0.5, 0.6) is 0 Å². The molecule has 4 heteroatoms. The van der Waals surface area contributed by atoms with Crippen LogP contribution in [0.2, 0.25) is 0 Å². The topological polar surface area (TPSA) is 58.4 Å². The lowest BCUT2D eigenvalue weighted by Crippen LogP contribution is -2.21. The van der Waals surface area contributed by atoms with Gasteiger partial charge in [-0.3, -0.25) is 4.79 Å². The number of rotatable bonds is 4. The fourth-order valence-electron chi connectivity index (χ4n) is 1.36. The lowest BCUT2D eigenvalue weighted by molar-refractivity contribution is -0.116. The number of carbonyl (C=O) groups excluding carboxylic acids is 1. The molecular formula is C12H19N3O. The van der Waals surface area contributed by atoms with Crippen LogP contribution in [0.4, 0.5) is 11.4 Å². The Labute approximate surface area is 96.4 Å². The van der Waals surface area contributed by atoms with Crippen LogP contribution < -0.4 is 11.1 Å². The average molecular weight is 221 g/mol. The van der Waals surface area contributed by atoms with E-state index in [1.807, 2.05) is 38.1 Å². The summed E-state index contributed by atoms with van der Waals surface area (Å²) >= 11 is 0. The van der Waals surface area contributed by atoms with Crippen LogP contribution in [0, 0.1) is 6.92 Å². The van der Waals surface area contributed by atoms with Gasteiger partial charge in [0.2, 0.25) is 5.91 Å². The molecule has 0 aliphatic carbocycles. The number of hydrogen-bond acceptors (Lipinski definition) is 3. The van der Waals surface area contributed by atoms with Gasteiger partial charge in [0.25, 0.3) is 0 Å². The third-order valence-electron chi connectivity index (χ3n) is 2.31. The molecule has 0 aliphatic heterocycles. The third kappa shape index (κ3) is 3.90. The highest BCUT2D eigenvalue weighted by Gasteiger charge is 2.05. The molecule has 1 rings (SSSR count). The van der Waals surface area contributed by atoms with Crippen molar-refractivity contribution in [2.75, 3.05) is 31.7 Å². The Morgan fingerprint density at radius 3 is 2.69 bits per heavy atom. The predicted octanol–water partition coefficient (Wildman–Crippen LogP) is 1.47. The van der Waals surface area contributed by atoms with Crippen molar-refractivity contribution in [2.24, 2.45) is 0 Å². The van der Waals surface area contributed by atoms with Gasteiger partial charge in [-0.15, -0.1) is 0 Å². The van der Waals surface area contributed by atoms with Gasteiger partial charge in [-0.05, 0) is 44.8 Å². The summed E-state index contributed by atoms with van der Waals surface area (Å²) in [5.41, 5.74) is 8.17. The van der Waals surface area contributed by atoms with E-state index in [0.717, 1.165) is 17.8 Å². The van der Waals surface area contributed by atoms with Crippen molar-refractivity contribution >= 4 is 17.3 Å². The Morgan fingerprint density at radius 1 is 1.44 bits per heavy atom. The summed E-state index contributed by atoms with van der Waals surface area (Å²) in [5.74, 6) is 0.0292. The zero-order valence-electron chi connectivity index (χ0n) is 10.1. The van der Waals surface area contributed by atoms with Crippen LogP contribution in [0.1, 0.15) is 12.0 Å². The largest absolute Gasteiger partial charge is 0.399 e. The molecule has 0 radical (unpaired) electrons. The van der Waals surface area contributed by atoms with Gasteiger partial charge in [-0.25, -0.2) is 0 Å². The minimum absolute atomic E-state index is 0.0292. The van der Waals surface area contributed by atoms with Crippen LogP contribution in [0.15, 0.2) is 18.2 Å². The predicted molar refractivity (Wildman–Crippen MR) is 67.4 cm³/mol. The average Bonchev–Trinajstić information content (AvgIpc) is 2.19. The first-order chi connectivity index (χ1) is 7.49. The Bertz CT molecular complexity index is 375. The van der Waals surface area contributed by atoms with Gasteiger partial charge in [0, 0.05) is 24.3 Å². The molecule has 0 bridgehead atoms. The second kappa shape index (κ2) is 5.51. The number of hydrogen-bond donors (Lipinski definition) is 2. The number of carbonyl (C=O) groups is 1. The molecule has 4 nitrogen and oxygen atoms in total. The maximum atomic E-state index is 11.6. The van der Waals surface area contributed by atoms with Crippen LogP contribution in [0.3, 0.4) is 0 Å². The maximum Gasteiger partial charge on any atom is 0.225 e. The SMILES string of the molecule is Cc1cc(N)ccc1NC(=O)CCN(C)C. The van der Waals surface area contributed by atoms with E-state index in [-0.39, 0.29) is 5.91 Å². The van der Waals surface area contributed by atoms with E-state index in [4.69, 9.17) is 5.73 Å². The van der Waals surface area contributed by atoms with Gasteiger partial charge in [0.15, 0.2) is 0 Å². The minimum Gasteiger partial charge on any atom is -0.399 e. The fourth-order valence-corrected chi connectivity index (χ4v) is 1.36. The van der Waals surface area contributed by atoms with Gasteiger partial charge in [-0.1, -0.05) is 0 Å². The number of benzene rings is 1. The molecule has 0 aromatic heterocycles. The van der Waals surface area contributed by atoms with Gasteiger partial charge in [0.05, 0.1) is 0 Å². The highest BCUT2D eigenvalue weighted by molar-refractivity contribution is 5.91. The van der Waals surface area contributed by atoms with E-state index >= 15 is 0 Å². The fraction of sp³-hybridized carbons (Fsp3) is 0.417. The Kier molecular flexibility index (Phi) is 4.31. The molecule has 0 saturated heterocycles. The van der Waals surface area contributed by atoms with Gasteiger partial charge in [0.1, 0.15) is 0 Å². The van der Waals surface area contributed by atoms with Crippen molar-refractivity contribution in [2.45, 2.75) is 13.3 Å². The lowest BCUT2D eigenvalue weighted by Gasteiger charge is -2.11. The molecular weight excluding hydrogens is 202 g/mol. The maximum absolute atomic E-state index is 11.6. The van der Waals surface area contributed by atoms with Crippen molar-refractivity contribution in [3.8, 4) is 0 Å². The Morgan fingerprint density at radius 2 is 2.12 bits per heavy atom. The van der Waals surface area contributed by atoms with Crippen LogP contribution in [-0.2, 0) is 4.79 Å². The molecule has 0 atom stereocenters. The van der Waals surface area contributed by atoms with Crippen LogP contribution in [0.25, 0.3) is 0 Å². The Hall–Kier alpha value is -1.55. The van der Waals surface area contributed by atoms with E-state index in [1.165, 1.54) is 0 Å². The molecule has 0 heterocycles. The van der Waals surface area contributed by atoms with Crippen LogP contribution in [-0.4, -0.2) is 31.4 Å². The highest BCUT2D eigenvalue weighted by Crippen LogP contribution is 2.17. The minimum atomic E-state index is 0.0292. The quantitative estimate of drug-likeness (QED) is 0.757. The summed E-state index contributed by atoms with van der Waals surface area (Å²) in [5, 5.41) is 2.87. The van der Waals surface area contributed by atoms with Gasteiger partial charge < -0.3 is 16.0 Å².